The summed E-state index contributed by atoms with van der Waals surface area (Å²) in [5.41, 5.74) is 1.41. The van der Waals surface area contributed by atoms with Crippen LogP contribution in [-0.4, -0.2) is 42.6 Å². The molecule has 2 heterocycles. The Morgan fingerprint density at radius 1 is 1.23 bits per heavy atom. The van der Waals surface area contributed by atoms with Crippen molar-refractivity contribution < 1.29 is 9.53 Å². The SMILES string of the molecule is COc1ccccc1CCNC(=O)c1cnc(N2CCC(C)CC2)cn1. The van der Waals surface area contributed by atoms with Crippen molar-refractivity contribution in [2.24, 2.45) is 5.92 Å². The molecular formula is C20H26N4O2. The first-order valence-electron chi connectivity index (χ1n) is 9.14. The molecular weight excluding hydrogens is 328 g/mol. The topological polar surface area (TPSA) is 67.3 Å². The molecule has 6 nitrogen and oxygen atoms in total. The van der Waals surface area contributed by atoms with Crippen LogP contribution < -0.4 is 15.0 Å². The van der Waals surface area contributed by atoms with Gasteiger partial charge in [0.05, 0.1) is 19.5 Å². The lowest BCUT2D eigenvalue weighted by Crippen LogP contribution is -2.33. The fourth-order valence-electron chi connectivity index (χ4n) is 3.15. The van der Waals surface area contributed by atoms with Gasteiger partial charge in [-0.2, -0.15) is 0 Å². The van der Waals surface area contributed by atoms with E-state index in [-0.39, 0.29) is 5.91 Å². The summed E-state index contributed by atoms with van der Waals surface area (Å²) in [4.78, 5) is 23.2. The number of nitrogens with one attached hydrogen (secondary N) is 1. The van der Waals surface area contributed by atoms with Crippen LogP contribution in [0.3, 0.4) is 0 Å². The molecule has 0 atom stereocenters. The Bertz CT molecular complexity index is 725. The molecule has 1 saturated heterocycles. The Labute approximate surface area is 154 Å². The molecule has 2 aromatic rings. The molecule has 0 bridgehead atoms. The molecule has 0 radical (unpaired) electrons. The summed E-state index contributed by atoms with van der Waals surface area (Å²) in [6.07, 6.45) is 6.31. The number of aromatic nitrogens is 2. The van der Waals surface area contributed by atoms with E-state index in [9.17, 15) is 4.79 Å². The molecule has 1 aromatic heterocycles. The van der Waals surface area contributed by atoms with Gasteiger partial charge in [-0.3, -0.25) is 4.79 Å². The summed E-state index contributed by atoms with van der Waals surface area (Å²) >= 11 is 0. The van der Waals surface area contributed by atoms with Crippen molar-refractivity contribution in [3.8, 4) is 5.75 Å². The highest BCUT2D eigenvalue weighted by molar-refractivity contribution is 5.92. The van der Waals surface area contributed by atoms with E-state index in [0.717, 1.165) is 36.1 Å². The third kappa shape index (κ3) is 4.50. The highest BCUT2D eigenvalue weighted by Gasteiger charge is 2.17. The number of ether oxygens (including phenoxy) is 1. The summed E-state index contributed by atoms with van der Waals surface area (Å²) < 4.78 is 5.33. The van der Waals surface area contributed by atoms with Crippen molar-refractivity contribution in [3.05, 3.63) is 47.9 Å². The minimum absolute atomic E-state index is 0.203. The number of nitrogens with zero attached hydrogens (tertiary/aromatic N) is 3. The Kier molecular flexibility index (Phi) is 6.04. The first-order valence-corrected chi connectivity index (χ1v) is 9.14. The van der Waals surface area contributed by atoms with Crippen LogP contribution in [0.1, 0.15) is 35.8 Å². The molecule has 26 heavy (non-hydrogen) atoms. The second kappa shape index (κ2) is 8.65. The number of carbonyl (C=O) groups is 1. The van der Waals surface area contributed by atoms with Crippen LogP contribution in [0.15, 0.2) is 36.7 Å². The van der Waals surface area contributed by atoms with E-state index < -0.39 is 0 Å². The lowest BCUT2D eigenvalue weighted by molar-refractivity contribution is 0.0948. The van der Waals surface area contributed by atoms with Gasteiger partial charge in [0.15, 0.2) is 0 Å². The maximum absolute atomic E-state index is 12.3. The number of anilines is 1. The number of rotatable bonds is 6. The third-order valence-corrected chi connectivity index (χ3v) is 4.85. The molecule has 6 heteroatoms. The first kappa shape index (κ1) is 18.2. The van der Waals surface area contributed by atoms with Gasteiger partial charge in [0.1, 0.15) is 17.3 Å². The van der Waals surface area contributed by atoms with Crippen LogP contribution >= 0.6 is 0 Å². The van der Waals surface area contributed by atoms with Gasteiger partial charge in [-0.15, -0.1) is 0 Å². The van der Waals surface area contributed by atoms with Gasteiger partial charge in [-0.25, -0.2) is 9.97 Å². The number of hydrogen-bond donors (Lipinski definition) is 1. The van der Waals surface area contributed by atoms with Gasteiger partial charge in [-0.05, 0) is 36.8 Å². The van der Waals surface area contributed by atoms with Crippen molar-refractivity contribution in [3.63, 3.8) is 0 Å². The maximum Gasteiger partial charge on any atom is 0.271 e. The standard InChI is InChI=1S/C20H26N4O2/c1-15-8-11-24(12-9-15)19-14-22-17(13-23-19)20(25)21-10-7-16-5-3-4-6-18(16)26-2/h3-6,13-15H,7-12H2,1-2H3,(H,21,25). The van der Waals surface area contributed by atoms with Crippen LogP contribution in [0.4, 0.5) is 5.82 Å². The quantitative estimate of drug-likeness (QED) is 0.864. The molecule has 1 aromatic carbocycles. The fourth-order valence-corrected chi connectivity index (χ4v) is 3.15. The third-order valence-electron chi connectivity index (χ3n) is 4.85. The van der Waals surface area contributed by atoms with Crippen LogP contribution in [-0.2, 0) is 6.42 Å². The zero-order valence-electron chi connectivity index (χ0n) is 15.4. The Balaban J connectivity index is 1.52. The fraction of sp³-hybridized carbons (Fsp3) is 0.450. The molecule has 138 valence electrons. The van der Waals surface area contributed by atoms with Crippen LogP contribution in [0.2, 0.25) is 0 Å². The zero-order valence-corrected chi connectivity index (χ0v) is 15.4. The van der Waals surface area contributed by atoms with E-state index in [2.05, 4.69) is 27.1 Å². The van der Waals surface area contributed by atoms with Gasteiger partial charge in [0, 0.05) is 19.6 Å². The Hall–Kier alpha value is -2.63. The van der Waals surface area contributed by atoms with E-state index in [0.29, 0.717) is 18.7 Å². The largest absolute Gasteiger partial charge is 0.496 e. The number of benzene rings is 1. The second-order valence-electron chi connectivity index (χ2n) is 6.75. The zero-order chi connectivity index (χ0) is 18.4. The Morgan fingerprint density at radius 2 is 2.00 bits per heavy atom. The molecule has 0 unspecified atom stereocenters. The molecule has 3 rings (SSSR count). The summed E-state index contributed by atoms with van der Waals surface area (Å²) in [5, 5.41) is 2.89. The van der Waals surface area contributed by atoms with E-state index in [1.54, 1.807) is 19.5 Å². The second-order valence-corrected chi connectivity index (χ2v) is 6.75. The van der Waals surface area contributed by atoms with Gasteiger partial charge < -0.3 is 15.0 Å². The molecule has 1 N–H and O–H groups in total. The van der Waals surface area contributed by atoms with Crippen LogP contribution in [0.5, 0.6) is 5.75 Å². The highest BCUT2D eigenvalue weighted by Crippen LogP contribution is 2.20. The molecule has 1 fully saturated rings. The number of carbonyl (C=O) groups excluding carboxylic acids is 1. The van der Waals surface area contributed by atoms with Crippen molar-refractivity contribution >= 4 is 11.7 Å². The predicted molar refractivity (Wildman–Crippen MR) is 102 cm³/mol. The molecule has 0 spiro atoms. The van der Waals surface area contributed by atoms with Gasteiger partial charge in [0.2, 0.25) is 0 Å². The van der Waals surface area contributed by atoms with Crippen molar-refractivity contribution in [1.82, 2.24) is 15.3 Å². The average molecular weight is 354 g/mol. The van der Waals surface area contributed by atoms with Crippen molar-refractivity contribution in [1.29, 1.82) is 0 Å². The van der Waals surface area contributed by atoms with E-state index >= 15 is 0 Å². The highest BCUT2D eigenvalue weighted by atomic mass is 16.5. The normalized spacial score (nSPS) is 14.9. The number of piperidine rings is 1. The lowest BCUT2D eigenvalue weighted by atomic mass is 9.99. The van der Waals surface area contributed by atoms with Crippen molar-refractivity contribution in [2.75, 3.05) is 31.6 Å². The monoisotopic (exact) mass is 354 g/mol. The number of amides is 1. The first-order chi connectivity index (χ1) is 12.7. The van der Waals surface area contributed by atoms with Crippen molar-refractivity contribution in [2.45, 2.75) is 26.2 Å². The summed E-state index contributed by atoms with van der Waals surface area (Å²) in [6.45, 7) is 4.80. The van der Waals surface area contributed by atoms with E-state index in [1.165, 1.54) is 12.8 Å². The minimum Gasteiger partial charge on any atom is -0.496 e. The predicted octanol–water partition coefficient (Wildman–Crippen LogP) is 2.69. The average Bonchev–Trinajstić information content (AvgIpc) is 2.69. The van der Waals surface area contributed by atoms with E-state index in [4.69, 9.17) is 4.74 Å². The van der Waals surface area contributed by atoms with Crippen LogP contribution in [0.25, 0.3) is 0 Å². The number of methoxy groups -OCH3 is 1. The maximum atomic E-state index is 12.3. The van der Waals surface area contributed by atoms with E-state index in [1.807, 2.05) is 24.3 Å². The smallest absolute Gasteiger partial charge is 0.271 e. The molecule has 1 aliphatic rings. The summed E-state index contributed by atoms with van der Waals surface area (Å²) in [5.74, 6) is 2.25. The summed E-state index contributed by atoms with van der Waals surface area (Å²) in [7, 11) is 1.65. The number of para-hydroxylation sites is 1. The van der Waals surface area contributed by atoms with Gasteiger partial charge in [0.25, 0.3) is 5.91 Å². The molecule has 1 amide bonds. The summed E-state index contributed by atoms with van der Waals surface area (Å²) in [6, 6.07) is 7.81. The molecule has 1 aliphatic heterocycles. The van der Waals surface area contributed by atoms with Gasteiger partial charge in [-0.1, -0.05) is 25.1 Å². The number of hydrogen-bond acceptors (Lipinski definition) is 5. The minimum atomic E-state index is -0.203. The van der Waals surface area contributed by atoms with Gasteiger partial charge >= 0.3 is 0 Å². The molecule has 0 aliphatic carbocycles. The lowest BCUT2D eigenvalue weighted by Gasteiger charge is -2.30. The Morgan fingerprint density at radius 3 is 2.69 bits per heavy atom. The van der Waals surface area contributed by atoms with Crippen LogP contribution in [0, 0.1) is 5.92 Å². The molecule has 0 saturated carbocycles.